The van der Waals surface area contributed by atoms with Crippen molar-refractivity contribution in [3.8, 4) is 0 Å². The number of ether oxygens (including phenoxy) is 1. The van der Waals surface area contributed by atoms with Crippen LogP contribution in [-0.2, 0) is 9.53 Å². The Balaban J connectivity index is 3.02. The highest BCUT2D eigenvalue weighted by Crippen LogP contribution is 2.30. The average molecular weight is 221 g/mol. The third-order valence-corrected chi connectivity index (χ3v) is 1.81. The quantitative estimate of drug-likeness (QED) is 0.718. The fraction of sp³-hybridized carbons (Fsp3) is 0.444. The first-order chi connectivity index (χ1) is 6.96. The van der Waals surface area contributed by atoms with E-state index in [0.717, 1.165) is 6.08 Å². The molecule has 0 fully saturated rings. The van der Waals surface area contributed by atoms with Crippen molar-refractivity contribution >= 4 is 5.97 Å². The number of hydrogen-bond donors (Lipinski definition) is 1. The summed E-state index contributed by atoms with van der Waals surface area (Å²) in [6.45, 7) is 1.18. The molecule has 0 aromatic rings. The lowest BCUT2D eigenvalue weighted by Crippen LogP contribution is -2.29. The smallest absolute Gasteiger partial charge is 0.415 e. The fourth-order valence-electron chi connectivity index (χ4n) is 1.15. The lowest BCUT2D eigenvalue weighted by Gasteiger charge is -2.18. The molecule has 0 aromatic carbocycles. The van der Waals surface area contributed by atoms with Gasteiger partial charge in [-0.2, -0.15) is 13.2 Å². The lowest BCUT2D eigenvalue weighted by atomic mass is 10.1. The van der Waals surface area contributed by atoms with Gasteiger partial charge in [0.05, 0.1) is 17.8 Å². The number of alkyl halides is 3. The summed E-state index contributed by atoms with van der Waals surface area (Å²) in [6.07, 6.45) is -2.15. The van der Waals surface area contributed by atoms with E-state index in [1.54, 1.807) is 0 Å². The molecule has 3 nitrogen and oxygen atoms in total. The van der Waals surface area contributed by atoms with Crippen LogP contribution in [0.2, 0.25) is 0 Å². The highest BCUT2D eigenvalue weighted by atomic mass is 19.4. The van der Waals surface area contributed by atoms with E-state index in [4.69, 9.17) is 0 Å². The third kappa shape index (κ3) is 2.74. The van der Waals surface area contributed by atoms with Crippen LogP contribution in [0.3, 0.4) is 0 Å². The number of hydrogen-bond acceptors (Lipinski definition) is 3. The van der Waals surface area contributed by atoms with Gasteiger partial charge in [0.2, 0.25) is 0 Å². The molecule has 0 atom stereocenters. The van der Waals surface area contributed by atoms with E-state index in [0.29, 0.717) is 0 Å². The zero-order valence-electron chi connectivity index (χ0n) is 8.02. The van der Waals surface area contributed by atoms with Gasteiger partial charge in [0, 0.05) is 6.54 Å². The van der Waals surface area contributed by atoms with Crippen LogP contribution in [-0.4, -0.2) is 25.3 Å². The van der Waals surface area contributed by atoms with Crippen molar-refractivity contribution in [2.75, 3.05) is 13.2 Å². The molecule has 0 radical (unpaired) electrons. The summed E-state index contributed by atoms with van der Waals surface area (Å²) in [5.41, 5.74) is -1.33. The van der Waals surface area contributed by atoms with E-state index in [2.05, 4.69) is 10.1 Å². The van der Waals surface area contributed by atoms with Crippen molar-refractivity contribution < 1.29 is 22.7 Å². The molecule has 0 saturated heterocycles. The molecule has 1 aliphatic heterocycles. The van der Waals surface area contributed by atoms with Crippen LogP contribution in [0.15, 0.2) is 23.4 Å². The van der Waals surface area contributed by atoms with Crippen molar-refractivity contribution in [2.24, 2.45) is 0 Å². The van der Waals surface area contributed by atoms with Gasteiger partial charge in [-0.1, -0.05) is 0 Å². The molecule has 0 unspecified atom stereocenters. The molecule has 1 N–H and O–H groups in total. The van der Waals surface area contributed by atoms with Gasteiger partial charge < -0.3 is 10.1 Å². The summed E-state index contributed by atoms with van der Waals surface area (Å²) in [5.74, 6) is -0.942. The predicted octanol–water partition coefficient (Wildman–Crippen LogP) is 1.53. The standard InChI is InChI=1S/C9H10F3NO2/c1-2-15-8(14)6-3-4-13-5-7(6)9(10,11)12/h3-4,13H,2,5H2,1H3. The summed E-state index contributed by atoms with van der Waals surface area (Å²) < 4.78 is 41.9. The molecular formula is C9H10F3NO2. The third-order valence-electron chi connectivity index (χ3n) is 1.81. The molecule has 0 aromatic heterocycles. The lowest BCUT2D eigenvalue weighted by molar-refractivity contribution is -0.139. The van der Waals surface area contributed by atoms with Gasteiger partial charge in [0.25, 0.3) is 0 Å². The van der Waals surface area contributed by atoms with E-state index in [1.807, 2.05) is 0 Å². The second-order valence-electron chi connectivity index (χ2n) is 2.82. The van der Waals surface area contributed by atoms with E-state index >= 15 is 0 Å². The Kier molecular flexibility index (Phi) is 3.39. The van der Waals surface area contributed by atoms with E-state index in [1.165, 1.54) is 13.1 Å². The Labute approximate surface area is 84.6 Å². The summed E-state index contributed by atoms with van der Waals surface area (Å²) >= 11 is 0. The Hall–Kier alpha value is -1.46. The molecule has 0 bridgehead atoms. The fourth-order valence-corrected chi connectivity index (χ4v) is 1.15. The maximum absolute atomic E-state index is 12.5. The van der Waals surface area contributed by atoms with Crippen molar-refractivity contribution in [2.45, 2.75) is 13.1 Å². The zero-order chi connectivity index (χ0) is 11.5. The molecule has 84 valence electrons. The highest BCUT2D eigenvalue weighted by Gasteiger charge is 2.38. The number of esters is 1. The van der Waals surface area contributed by atoms with E-state index in [-0.39, 0.29) is 6.61 Å². The Morgan fingerprint density at radius 1 is 1.60 bits per heavy atom. The minimum atomic E-state index is -4.51. The van der Waals surface area contributed by atoms with Crippen LogP contribution in [0.5, 0.6) is 0 Å². The van der Waals surface area contributed by atoms with Crippen LogP contribution in [0.4, 0.5) is 13.2 Å². The van der Waals surface area contributed by atoms with Crippen molar-refractivity contribution in [3.05, 3.63) is 23.4 Å². The summed E-state index contributed by atoms with van der Waals surface area (Å²) in [6, 6.07) is 0. The Bertz CT molecular complexity index is 318. The molecule has 1 aliphatic rings. The average Bonchev–Trinajstić information content (AvgIpc) is 2.17. The zero-order valence-corrected chi connectivity index (χ0v) is 8.02. The van der Waals surface area contributed by atoms with Gasteiger partial charge in [-0.15, -0.1) is 0 Å². The van der Waals surface area contributed by atoms with Crippen molar-refractivity contribution in [1.29, 1.82) is 0 Å². The largest absolute Gasteiger partial charge is 0.462 e. The number of nitrogens with one attached hydrogen (secondary N) is 1. The molecule has 0 amide bonds. The number of halogens is 3. The van der Waals surface area contributed by atoms with Crippen LogP contribution in [0, 0.1) is 0 Å². The number of carbonyl (C=O) groups excluding carboxylic acids is 1. The highest BCUT2D eigenvalue weighted by molar-refractivity contribution is 5.93. The van der Waals surface area contributed by atoms with Crippen LogP contribution < -0.4 is 5.32 Å². The predicted molar refractivity (Wildman–Crippen MR) is 46.9 cm³/mol. The topological polar surface area (TPSA) is 38.3 Å². The summed E-state index contributed by atoms with van der Waals surface area (Å²) in [7, 11) is 0. The van der Waals surface area contributed by atoms with Crippen molar-refractivity contribution in [3.63, 3.8) is 0 Å². The van der Waals surface area contributed by atoms with Gasteiger partial charge in [-0.3, -0.25) is 0 Å². The van der Waals surface area contributed by atoms with Gasteiger partial charge in [0.1, 0.15) is 0 Å². The normalized spacial score (nSPS) is 16.3. The number of carbonyl (C=O) groups is 1. The SMILES string of the molecule is CCOC(=O)C1=C(C(F)(F)F)CNC=C1. The first-order valence-corrected chi connectivity index (χ1v) is 4.34. The van der Waals surface area contributed by atoms with Gasteiger partial charge in [-0.05, 0) is 19.2 Å². The summed E-state index contributed by atoms with van der Waals surface area (Å²) in [4.78, 5) is 11.2. The molecule has 6 heteroatoms. The minimum absolute atomic E-state index is 0.0503. The van der Waals surface area contributed by atoms with Crippen LogP contribution >= 0.6 is 0 Å². The molecular weight excluding hydrogens is 211 g/mol. The first kappa shape index (κ1) is 11.6. The van der Waals surface area contributed by atoms with Gasteiger partial charge in [0.15, 0.2) is 0 Å². The maximum atomic E-state index is 12.5. The van der Waals surface area contributed by atoms with Gasteiger partial charge >= 0.3 is 12.1 Å². The molecule has 0 aliphatic carbocycles. The molecule has 1 rings (SSSR count). The molecule has 1 heterocycles. The number of rotatable bonds is 2. The Morgan fingerprint density at radius 2 is 2.27 bits per heavy atom. The second kappa shape index (κ2) is 4.37. The van der Waals surface area contributed by atoms with E-state index < -0.39 is 29.8 Å². The molecule has 0 spiro atoms. The van der Waals surface area contributed by atoms with Crippen molar-refractivity contribution in [1.82, 2.24) is 5.32 Å². The van der Waals surface area contributed by atoms with Crippen LogP contribution in [0.25, 0.3) is 0 Å². The maximum Gasteiger partial charge on any atom is 0.415 e. The minimum Gasteiger partial charge on any atom is -0.462 e. The Morgan fingerprint density at radius 3 is 2.80 bits per heavy atom. The monoisotopic (exact) mass is 221 g/mol. The summed E-state index contributed by atoms with van der Waals surface area (Å²) in [5, 5.41) is 2.40. The molecule has 15 heavy (non-hydrogen) atoms. The van der Waals surface area contributed by atoms with Crippen LogP contribution in [0.1, 0.15) is 6.92 Å². The first-order valence-electron chi connectivity index (χ1n) is 4.34. The molecule has 0 saturated carbocycles. The van der Waals surface area contributed by atoms with Gasteiger partial charge in [-0.25, -0.2) is 4.79 Å². The second-order valence-corrected chi connectivity index (χ2v) is 2.82. The van der Waals surface area contributed by atoms with E-state index in [9.17, 15) is 18.0 Å². The number of dihydropyridines is 1.